The van der Waals surface area contributed by atoms with Gasteiger partial charge in [-0.05, 0) is 42.3 Å². The molecule has 0 bridgehead atoms. The number of rotatable bonds is 5. The molecule has 29 heavy (non-hydrogen) atoms. The van der Waals surface area contributed by atoms with Crippen molar-refractivity contribution >= 4 is 33.5 Å². The Labute approximate surface area is 170 Å². The highest BCUT2D eigenvalue weighted by molar-refractivity contribution is 8.00. The number of hydrogen-bond acceptors (Lipinski definition) is 4. The molecule has 4 N–H and O–H groups in total. The maximum Gasteiger partial charge on any atom is 0.416 e. The molecule has 0 saturated heterocycles. The highest BCUT2D eigenvalue weighted by atomic mass is 32.2. The van der Waals surface area contributed by atoms with Crippen molar-refractivity contribution in [2.24, 2.45) is 16.5 Å². The van der Waals surface area contributed by atoms with Gasteiger partial charge in [0, 0.05) is 21.6 Å². The van der Waals surface area contributed by atoms with E-state index in [-0.39, 0.29) is 20.2 Å². The topological polar surface area (TPSA) is 116 Å². The molecule has 0 saturated carbocycles. The quantitative estimate of drug-likeness (QED) is 0.539. The van der Waals surface area contributed by atoms with E-state index in [0.717, 1.165) is 36.2 Å². The van der Waals surface area contributed by atoms with Crippen LogP contribution < -0.4 is 11.5 Å². The average molecular weight is 445 g/mol. The van der Waals surface area contributed by atoms with Crippen molar-refractivity contribution in [1.29, 1.82) is 0 Å². The average Bonchev–Trinajstić information content (AvgIpc) is 2.59. The molecule has 0 aromatic heterocycles. The van der Waals surface area contributed by atoms with Crippen molar-refractivity contribution < 1.29 is 26.4 Å². The zero-order valence-corrected chi connectivity index (χ0v) is 17.1. The van der Waals surface area contributed by atoms with Crippen molar-refractivity contribution in [3.63, 3.8) is 0 Å². The molecular weight excluding hydrogens is 427 g/mol. The lowest BCUT2D eigenvalue weighted by atomic mass is 10.0. The van der Waals surface area contributed by atoms with Crippen LogP contribution in [-0.4, -0.2) is 26.5 Å². The molecule has 0 spiro atoms. The molecule has 2 aromatic rings. The maximum atomic E-state index is 13.0. The van der Waals surface area contributed by atoms with E-state index in [2.05, 4.69) is 4.99 Å². The number of sulfone groups is 1. The zero-order valence-electron chi connectivity index (χ0n) is 15.4. The fraction of sp³-hybridized carbons (Fsp3) is 0.222. The molecule has 0 radical (unpaired) electrons. The van der Waals surface area contributed by atoms with Crippen molar-refractivity contribution in [2.45, 2.75) is 34.2 Å². The third-order valence-electron chi connectivity index (χ3n) is 3.80. The number of nitrogens with zero attached hydrogens (tertiary/aromatic N) is 1. The second-order valence-electron chi connectivity index (χ2n) is 6.05. The normalized spacial score (nSPS) is 11.9. The van der Waals surface area contributed by atoms with Gasteiger partial charge in [-0.1, -0.05) is 24.8 Å². The lowest BCUT2D eigenvalue weighted by molar-refractivity contribution is -0.137. The molecular formula is C18H18F3N3O3S2. The highest BCUT2D eigenvalue weighted by Gasteiger charge is 2.30. The standard InChI is InChI=1S/C18H18F3N3O3S2/c1-3-10-7-14(28-12-6-4-5-11(8-12)18(19,20)21)15(29(2,26)27)9-13(10)16(25)24-17(22)23/h4-9H,3H2,1-2H3,(H4,22,23,24,25). The number of aliphatic imine (C=N–C) groups is 1. The summed E-state index contributed by atoms with van der Waals surface area (Å²) in [5.74, 6) is -1.28. The molecule has 2 rings (SSSR count). The number of halogens is 3. The van der Waals surface area contributed by atoms with Crippen LogP contribution in [0.4, 0.5) is 13.2 Å². The van der Waals surface area contributed by atoms with E-state index in [9.17, 15) is 26.4 Å². The summed E-state index contributed by atoms with van der Waals surface area (Å²) in [5.41, 5.74) is 10.1. The third-order valence-corrected chi connectivity index (χ3v) is 6.11. The minimum absolute atomic E-state index is 0.00900. The van der Waals surface area contributed by atoms with Crippen LogP contribution in [-0.2, 0) is 22.4 Å². The van der Waals surface area contributed by atoms with E-state index in [1.54, 1.807) is 6.92 Å². The number of guanidine groups is 1. The molecule has 0 aliphatic rings. The van der Waals surface area contributed by atoms with Crippen molar-refractivity contribution in [3.05, 3.63) is 53.1 Å². The first-order valence-corrected chi connectivity index (χ1v) is 10.9. The van der Waals surface area contributed by atoms with Gasteiger partial charge in [0.2, 0.25) is 0 Å². The molecule has 0 heterocycles. The number of aryl methyl sites for hydroxylation is 1. The SMILES string of the molecule is CCc1cc(Sc2cccc(C(F)(F)F)c2)c(S(C)(=O)=O)cc1C(=O)N=C(N)N. The Morgan fingerprint density at radius 2 is 1.83 bits per heavy atom. The fourth-order valence-electron chi connectivity index (χ4n) is 2.50. The van der Waals surface area contributed by atoms with E-state index in [4.69, 9.17) is 11.5 Å². The van der Waals surface area contributed by atoms with Crippen LogP contribution in [0, 0.1) is 0 Å². The summed E-state index contributed by atoms with van der Waals surface area (Å²) in [4.78, 5) is 15.9. The third kappa shape index (κ3) is 5.73. The van der Waals surface area contributed by atoms with Crippen LogP contribution >= 0.6 is 11.8 Å². The van der Waals surface area contributed by atoms with Gasteiger partial charge in [-0.25, -0.2) is 8.42 Å². The monoisotopic (exact) mass is 445 g/mol. The lowest BCUT2D eigenvalue weighted by Gasteiger charge is -2.14. The van der Waals surface area contributed by atoms with E-state index in [0.29, 0.717) is 12.0 Å². The van der Waals surface area contributed by atoms with Crippen molar-refractivity contribution in [1.82, 2.24) is 0 Å². The van der Waals surface area contributed by atoms with Crippen molar-refractivity contribution in [2.75, 3.05) is 6.26 Å². The van der Waals surface area contributed by atoms with Gasteiger partial charge in [0.1, 0.15) is 0 Å². The number of carbonyl (C=O) groups is 1. The molecule has 0 unspecified atom stereocenters. The number of amides is 1. The van der Waals surface area contributed by atoms with Crippen LogP contribution in [0.15, 0.2) is 56.1 Å². The predicted octanol–water partition coefficient (Wildman–Crippen LogP) is 3.24. The second kappa shape index (κ2) is 8.46. The zero-order chi connectivity index (χ0) is 22.0. The minimum Gasteiger partial charge on any atom is -0.370 e. The first-order valence-electron chi connectivity index (χ1n) is 8.19. The minimum atomic E-state index is -4.53. The van der Waals surface area contributed by atoms with Crippen molar-refractivity contribution in [3.8, 4) is 0 Å². The summed E-state index contributed by atoms with van der Waals surface area (Å²) in [6.07, 6.45) is -3.23. The largest absolute Gasteiger partial charge is 0.416 e. The molecule has 0 fully saturated rings. The summed E-state index contributed by atoms with van der Waals surface area (Å²) >= 11 is 0.860. The molecule has 2 aromatic carbocycles. The summed E-state index contributed by atoms with van der Waals surface area (Å²) in [6, 6.07) is 7.14. The Kier molecular flexibility index (Phi) is 6.63. The van der Waals surface area contributed by atoms with Gasteiger partial charge in [0.15, 0.2) is 15.8 Å². The highest BCUT2D eigenvalue weighted by Crippen LogP contribution is 2.38. The van der Waals surface area contributed by atoms with E-state index in [1.807, 2.05) is 0 Å². The van der Waals surface area contributed by atoms with Crippen LogP contribution in [0.1, 0.15) is 28.4 Å². The van der Waals surface area contributed by atoms with Gasteiger partial charge in [0.05, 0.1) is 10.5 Å². The Morgan fingerprint density at radius 3 is 2.34 bits per heavy atom. The second-order valence-corrected chi connectivity index (χ2v) is 9.15. The first-order chi connectivity index (χ1) is 13.3. The molecule has 156 valence electrons. The Bertz CT molecular complexity index is 1080. The smallest absolute Gasteiger partial charge is 0.370 e. The van der Waals surface area contributed by atoms with Crippen LogP contribution in [0.5, 0.6) is 0 Å². The Balaban J connectivity index is 2.63. The molecule has 0 aliphatic carbocycles. The van der Waals surface area contributed by atoms with Crippen LogP contribution in [0.2, 0.25) is 0 Å². The van der Waals surface area contributed by atoms with Gasteiger partial charge >= 0.3 is 6.18 Å². The Morgan fingerprint density at radius 1 is 1.17 bits per heavy atom. The Hall–Kier alpha value is -2.53. The summed E-state index contributed by atoms with van der Waals surface area (Å²) < 4.78 is 63.4. The number of alkyl halides is 3. The van der Waals surface area contributed by atoms with Gasteiger partial charge in [-0.3, -0.25) is 4.79 Å². The van der Waals surface area contributed by atoms with E-state index >= 15 is 0 Å². The molecule has 6 nitrogen and oxygen atoms in total. The number of carbonyl (C=O) groups excluding carboxylic acids is 1. The molecule has 0 aliphatic heterocycles. The summed E-state index contributed by atoms with van der Waals surface area (Å²) in [5, 5.41) is 0. The van der Waals surface area contributed by atoms with E-state index in [1.165, 1.54) is 18.2 Å². The van der Waals surface area contributed by atoms with Crippen LogP contribution in [0.3, 0.4) is 0 Å². The van der Waals surface area contributed by atoms with Gasteiger partial charge in [0.25, 0.3) is 5.91 Å². The first kappa shape index (κ1) is 22.8. The lowest BCUT2D eigenvalue weighted by Crippen LogP contribution is -2.24. The summed E-state index contributed by atoms with van der Waals surface area (Å²) in [7, 11) is -3.81. The molecule has 11 heteroatoms. The fourth-order valence-corrected chi connectivity index (χ4v) is 4.79. The number of nitrogens with two attached hydrogens (primary N) is 2. The summed E-state index contributed by atoms with van der Waals surface area (Å²) in [6.45, 7) is 1.74. The molecule has 0 atom stereocenters. The molecule has 1 amide bonds. The van der Waals surface area contributed by atoms with Crippen LogP contribution in [0.25, 0.3) is 0 Å². The number of benzene rings is 2. The van der Waals surface area contributed by atoms with Gasteiger partial charge in [-0.15, -0.1) is 0 Å². The van der Waals surface area contributed by atoms with Gasteiger partial charge in [-0.2, -0.15) is 18.2 Å². The predicted molar refractivity (Wildman–Crippen MR) is 105 cm³/mol. The number of hydrogen-bond donors (Lipinski definition) is 2. The van der Waals surface area contributed by atoms with Gasteiger partial charge < -0.3 is 11.5 Å². The van der Waals surface area contributed by atoms with E-state index < -0.39 is 33.4 Å². The maximum absolute atomic E-state index is 13.0.